The lowest BCUT2D eigenvalue weighted by molar-refractivity contribution is -0.385. The summed E-state index contributed by atoms with van der Waals surface area (Å²) in [6.45, 7) is -0.714. The summed E-state index contributed by atoms with van der Waals surface area (Å²) >= 11 is 0.684. The fraction of sp³-hybridized carbons (Fsp3) is 0.0833. The number of aliphatic carboxylic acids is 1. The topological polar surface area (TPSA) is 136 Å². The van der Waals surface area contributed by atoms with Crippen LogP contribution in [-0.4, -0.2) is 33.8 Å². The molecule has 2 N–H and O–H groups in total. The average molecular weight is 324 g/mol. The quantitative estimate of drug-likeness (QED) is 0.471. The first-order valence-electron chi connectivity index (χ1n) is 5.74. The summed E-state index contributed by atoms with van der Waals surface area (Å²) in [5.41, 5.74) is -0.132. The van der Waals surface area contributed by atoms with E-state index < -0.39 is 34.3 Å². The molecule has 1 heterocycles. The Morgan fingerprint density at radius 2 is 2.18 bits per heavy atom. The van der Waals surface area contributed by atoms with Gasteiger partial charge in [0.25, 0.3) is 11.1 Å². The summed E-state index contributed by atoms with van der Waals surface area (Å²) in [6.07, 6.45) is 1.32. The highest BCUT2D eigenvalue weighted by atomic mass is 32.2. The molecule has 1 saturated heterocycles. The molecular formula is C12H8N2O7S. The summed E-state index contributed by atoms with van der Waals surface area (Å²) in [5.74, 6) is -2.05. The van der Waals surface area contributed by atoms with Gasteiger partial charge in [0, 0.05) is 6.07 Å². The molecule has 0 spiro atoms. The first-order chi connectivity index (χ1) is 10.4. The van der Waals surface area contributed by atoms with Crippen LogP contribution in [0.2, 0.25) is 0 Å². The highest BCUT2D eigenvalue weighted by Crippen LogP contribution is 2.31. The van der Waals surface area contributed by atoms with Crippen molar-refractivity contribution in [2.24, 2.45) is 0 Å². The van der Waals surface area contributed by atoms with Gasteiger partial charge in [-0.05, 0) is 29.5 Å². The van der Waals surface area contributed by atoms with Crippen molar-refractivity contribution in [1.29, 1.82) is 0 Å². The van der Waals surface area contributed by atoms with Gasteiger partial charge in [0.15, 0.2) is 12.4 Å². The summed E-state index contributed by atoms with van der Waals surface area (Å²) in [6, 6.07) is 3.77. The zero-order valence-electron chi connectivity index (χ0n) is 10.8. The second kappa shape index (κ2) is 6.26. The van der Waals surface area contributed by atoms with E-state index >= 15 is 0 Å². The van der Waals surface area contributed by atoms with E-state index in [9.17, 15) is 24.5 Å². The van der Waals surface area contributed by atoms with Crippen LogP contribution in [0.15, 0.2) is 23.1 Å². The maximum atomic E-state index is 11.4. The van der Waals surface area contributed by atoms with E-state index in [1.807, 2.05) is 0 Å². The Kier molecular flexibility index (Phi) is 4.41. The van der Waals surface area contributed by atoms with Crippen LogP contribution in [0, 0.1) is 10.1 Å². The highest BCUT2D eigenvalue weighted by molar-refractivity contribution is 8.18. The van der Waals surface area contributed by atoms with Crippen molar-refractivity contribution in [1.82, 2.24) is 5.32 Å². The molecule has 0 saturated carbocycles. The Morgan fingerprint density at radius 3 is 2.73 bits per heavy atom. The monoisotopic (exact) mass is 324 g/mol. The molecule has 0 atom stereocenters. The molecule has 1 aliphatic heterocycles. The van der Waals surface area contributed by atoms with Gasteiger partial charge in [-0.3, -0.25) is 25.0 Å². The smallest absolute Gasteiger partial charge is 0.341 e. The van der Waals surface area contributed by atoms with E-state index in [2.05, 4.69) is 5.32 Å². The summed E-state index contributed by atoms with van der Waals surface area (Å²) < 4.78 is 4.82. The van der Waals surface area contributed by atoms with Crippen LogP contribution in [0.4, 0.5) is 10.5 Å². The number of rotatable bonds is 5. The number of thioether (sulfide) groups is 1. The molecule has 0 aliphatic carbocycles. The van der Waals surface area contributed by atoms with E-state index in [4.69, 9.17) is 9.84 Å². The third-order valence-electron chi connectivity index (χ3n) is 2.47. The zero-order valence-corrected chi connectivity index (χ0v) is 11.6. The van der Waals surface area contributed by atoms with Gasteiger partial charge in [-0.1, -0.05) is 6.07 Å². The maximum absolute atomic E-state index is 11.4. The number of carboxylic acid groups (broad SMARTS) is 1. The second-order valence-electron chi connectivity index (χ2n) is 4.02. The molecule has 1 aliphatic rings. The first-order valence-corrected chi connectivity index (χ1v) is 6.56. The van der Waals surface area contributed by atoms with Crippen LogP contribution in [0.1, 0.15) is 5.56 Å². The molecule has 2 rings (SSSR count). The minimum atomic E-state index is -1.27. The van der Waals surface area contributed by atoms with Crippen LogP contribution in [0.25, 0.3) is 6.08 Å². The van der Waals surface area contributed by atoms with Gasteiger partial charge in [0.1, 0.15) is 0 Å². The van der Waals surface area contributed by atoms with Crippen molar-refractivity contribution in [2.75, 3.05) is 6.61 Å². The van der Waals surface area contributed by atoms with Crippen molar-refractivity contribution in [3.8, 4) is 5.75 Å². The van der Waals surface area contributed by atoms with Crippen LogP contribution in [-0.2, 0) is 9.59 Å². The second-order valence-corrected chi connectivity index (χ2v) is 5.03. The molecule has 0 aromatic heterocycles. The highest BCUT2D eigenvalue weighted by Gasteiger charge is 2.25. The molecule has 9 nitrogen and oxygen atoms in total. The number of nitrogens with one attached hydrogen (secondary N) is 1. The Hall–Kier alpha value is -2.88. The number of carbonyl (C=O) groups excluding carboxylic acids is 2. The Labute approximate surface area is 127 Å². The number of benzene rings is 1. The normalized spacial score (nSPS) is 15.7. The predicted octanol–water partition coefficient (Wildman–Crippen LogP) is 1.38. The lowest BCUT2D eigenvalue weighted by atomic mass is 10.1. The molecule has 2 amide bonds. The van der Waals surface area contributed by atoms with Crippen molar-refractivity contribution in [3.63, 3.8) is 0 Å². The molecule has 1 fully saturated rings. The first kappa shape index (κ1) is 15.5. The van der Waals surface area contributed by atoms with Crippen LogP contribution in [0.5, 0.6) is 5.75 Å². The predicted molar refractivity (Wildman–Crippen MR) is 75.3 cm³/mol. The Balaban J connectivity index is 2.31. The van der Waals surface area contributed by atoms with Gasteiger partial charge < -0.3 is 9.84 Å². The molecule has 1 aromatic rings. The van der Waals surface area contributed by atoms with Gasteiger partial charge >= 0.3 is 11.7 Å². The van der Waals surface area contributed by atoms with Gasteiger partial charge in [-0.2, -0.15) is 0 Å². The van der Waals surface area contributed by atoms with E-state index in [-0.39, 0.29) is 10.7 Å². The number of nitro benzene ring substituents is 1. The summed E-state index contributed by atoms with van der Waals surface area (Å²) in [7, 11) is 0. The van der Waals surface area contributed by atoms with E-state index in [0.717, 1.165) is 6.07 Å². The third-order valence-corrected chi connectivity index (χ3v) is 3.28. The minimum absolute atomic E-state index is 0.110. The number of nitro groups is 1. The zero-order chi connectivity index (χ0) is 16.3. The van der Waals surface area contributed by atoms with E-state index in [1.165, 1.54) is 18.2 Å². The van der Waals surface area contributed by atoms with Gasteiger partial charge in [0.2, 0.25) is 0 Å². The van der Waals surface area contributed by atoms with Crippen molar-refractivity contribution < 1.29 is 29.2 Å². The number of carbonyl (C=O) groups is 3. The van der Waals surface area contributed by atoms with Crippen LogP contribution < -0.4 is 10.1 Å². The maximum Gasteiger partial charge on any atom is 0.341 e. The summed E-state index contributed by atoms with van der Waals surface area (Å²) in [5, 5.41) is 21.1. The standard InChI is InChI=1S/C12H8N2O7S/c15-10(16)5-21-8-2-1-6(3-7(8)14(19)20)4-9-11(17)13-12(18)22-9/h1-4H,5H2,(H,15,16)(H,13,17,18)/b9-4-. The Morgan fingerprint density at radius 1 is 1.45 bits per heavy atom. The number of hydrogen-bond donors (Lipinski definition) is 2. The third kappa shape index (κ3) is 3.61. The van der Waals surface area contributed by atoms with Crippen LogP contribution in [0.3, 0.4) is 0 Å². The number of imide groups is 1. The molecule has 0 unspecified atom stereocenters. The van der Waals surface area contributed by atoms with E-state index in [1.54, 1.807) is 0 Å². The van der Waals surface area contributed by atoms with Gasteiger partial charge in [0.05, 0.1) is 9.83 Å². The Bertz CT molecular complexity index is 713. The number of carboxylic acids is 1. The molecule has 114 valence electrons. The molecule has 0 radical (unpaired) electrons. The lowest BCUT2D eigenvalue weighted by Gasteiger charge is -2.05. The van der Waals surface area contributed by atoms with E-state index in [0.29, 0.717) is 17.3 Å². The number of hydrogen-bond acceptors (Lipinski definition) is 7. The van der Waals surface area contributed by atoms with Gasteiger partial charge in [-0.25, -0.2) is 4.79 Å². The average Bonchev–Trinajstić information content (AvgIpc) is 2.75. The van der Waals surface area contributed by atoms with Crippen molar-refractivity contribution in [3.05, 3.63) is 38.8 Å². The fourth-order valence-corrected chi connectivity index (χ4v) is 2.28. The lowest BCUT2D eigenvalue weighted by Crippen LogP contribution is -2.17. The number of ether oxygens (including phenoxy) is 1. The van der Waals surface area contributed by atoms with Crippen molar-refractivity contribution in [2.45, 2.75) is 0 Å². The van der Waals surface area contributed by atoms with Crippen molar-refractivity contribution >= 4 is 40.6 Å². The number of amides is 2. The SMILES string of the molecule is O=C(O)COc1ccc(/C=C2\SC(=O)NC2=O)cc1[N+](=O)[O-]. The molecular weight excluding hydrogens is 316 g/mol. The fourth-order valence-electron chi connectivity index (χ4n) is 1.60. The largest absolute Gasteiger partial charge is 0.479 e. The molecule has 10 heteroatoms. The molecule has 22 heavy (non-hydrogen) atoms. The number of nitrogens with zero attached hydrogens (tertiary/aromatic N) is 1. The van der Waals surface area contributed by atoms with Gasteiger partial charge in [-0.15, -0.1) is 0 Å². The van der Waals surface area contributed by atoms with Crippen LogP contribution >= 0.6 is 11.8 Å². The molecule has 1 aromatic carbocycles. The summed E-state index contributed by atoms with van der Waals surface area (Å²) in [4.78, 5) is 43.3. The minimum Gasteiger partial charge on any atom is -0.479 e. The molecule has 0 bridgehead atoms.